The van der Waals surface area contributed by atoms with Crippen molar-refractivity contribution < 1.29 is 15.3 Å². The summed E-state index contributed by atoms with van der Waals surface area (Å²) in [5.74, 6) is 0. The third kappa shape index (κ3) is 2.01. The van der Waals surface area contributed by atoms with Gasteiger partial charge < -0.3 is 20.6 Å². The summed E-state index contributed by atoms with van der Waals surface area (Å²) >= 11 is 0. The molecule has 0 aliphatic carbocycles. The summed E-state index contributed by atoms with van der Waals surface area (Å²) in [5, 5.41) is 32.8. The third-order valence-electron chi connectivity index (χ3n) is 3.60. The van der Waals surface area contributed by atoms with Crippen LogP contribution in [-0.2, 0) is 0 Å². The van der Waals surface area contributed by atoms with Gasteiger partial charge in [0.15, 0.2) is 0 Å². The van der Waals surface area contributed by atoms with E-state index in [1.807, 2.05) is 4.90 Å². The molecular formula is C11H20N2O3. The predicted octanol–water partition coefficient (Wildman–Crippen LogP) is -1.70. The van der Waals surface area contributed by atoms with Crippen LogP contribution in [0.25, 0.3) is 0 Å². The minimum Gasteiger partial charge on any atom is -0.391 e. The van der Waals surface area contributed by atoms with E-state index >= 15 is 0 Å². The molecule has 5 heteroatoms. The van der Waals surface area contributed by atoms with Crippen LogP contribution in [0.2, 0.25) is 0 Å². The van der Waals surface area contributed by atoms with E-state index < -0.39 is 18.3 Å². The zero-order chi connectivity index (χ0) is 11.7. The molecule has 0 spiro atoms. The van der Waals surface area contributed by atoms with Crippen LogP contribution >= 0.6 is 0 Å². The molecule has 0 saturated carbocycles. The van der Waals surface area contributed by atoms with E-state index in [1.165, 1.54) is 0 Å². The zero-order valence-electron chi connectivity index (χ0n) is 9.29. The monoisotopic (exact) mass is 228 g/mol. The van der Waals surface area contributed by atoms with Gasteiger partial charge in [-0.25, -0.2) is 0 Å². The lowest BCUT2D eigenvalue weighted by atomic mass is 9.91. The quantitative estimate of drug-likeness (QED) is 0.433. The van der Waals surface area contributed by atoms with Crippen molar-refractivity contribution in [1.29, 1.82) is 0 Å². The van der Waals surface area contributed by atoms with Gasteiger partial charge in [-0.2, -0.15) is 0 Å². The molecule has 2 rings (SSSR count). The van der Waals surface area contributed by atoms with Crippen molar-refractivity contribution in [2.75, 3.05) is 19.6 Å². The number of rotatable bonds is 3. The van der Waals surface area contributed by atoms with Gasteiger partial charge in [0.05, 0.1) is 24.4 Å². The summed E-state index contributed by atoms with van der Waals surface area (Å²) in [6.07, 6.45) is 0.166. The number of aliphatic hydroxyl groups is 3. The van der Waals surface area contributed by atoms with Crippen LogP contribution in [0.5, 0.6) is 0 Å². The Balaban J connectivity index is 2.03. The van der Waals surface area contributed by atoms with Crippen molar-refractivity contribution in [3.8, 4) is 0 Å². The summed E-state index contributed by atoms with van der Waals surface area (Å²) < 4.78 is 0. The van der Waals surface area contributed by atoms with Gasteiger partial charge in [0.25, 0.3) is 0 Å². The van der Waals surface area contributed by atoms with E-state index in [4.69, 9.17) is 0 Å². The van der Waals surface area contributed by atoms with Crippen molar-refractivity contribution in [3.05, 3.63) is 12.7 Å². The molecule has 2 heterocycles. The summed E-state index contributed by atoms with van der Waals surface area (Å²) in [6.45, 7) is 5.65. The average Bonchev–Trinajstić information content (AvgIpc) is 2.63. The van der Waals surface area contributed by atoms with Gasteiger partial charge in [0.1, 0.15) is 0 Å². The first-order valence-electron chi connectivity index (χ1n) is 5.77. The fourth-order valence-electron chi connectivity index (χ4n) is 2.74. The Kier molecular flexibility index (Phi) is 3.61. The standard InChI is InChI=1S/C11H20N2O3/c1-2-4-12-7-6-13-5-3-8(14)9(13)11(16)10(7)15/h2,7-12,14-16H,1,3-6H2/t7-,8-,9+,10+,11+/m0/s1. The lowest BCUT2D eigenvalue weighted by Crippen LogP contribution is -2.65. The molecule has 0 aromatic rings. The Labute approximate surface area is 95.4 Å². The summed E-state index contributed by atoms with van der Waals surface area (Å²) in [5.41, 5.74) is 0. The van der Waals surface area contributed by atoms with Crippen LogP contribution in [0.3, 0.4) is 0 Å². The maximum atomic E-state index is 9.97. The number of hydrogen-bond acceptors (Lipinski definition) is 5. The minimum atomic E-state index is -0.881. The second-order valence-electron chi connectivity index (χ2n) is 4.63. The van der Waals surface area contributed by atoms with Gasteiger partial charge in [0.2, 0.25) is 0 Å². The first-order chi connectivity index (χ1) is 7.65. The topological polar surface area (TPSA) is 76.0 Å². The summed E-state index contributed by atoms with van der Waals surface area (Å²) in [4.78, 5) is 2.04. The minimum absolute atomic E-state index is 0.158. The molecular weight excluding hydrogens is 208 g/mol. The highest BCUT2D eigenvalue weighted by Gasteiger charge is 2.47. The Morgan fingerprint density at radius 3 is 2.75 bits per heavy atom. The Morgan fingerprint density at radius 1 is 1.31 bits per heavy atom. The lowest BCUT2D eigenvalue weighted by molar-refractivity contribution is -0.101. The number of nitrogens with one attached hydrogen (secondary N) is 1. The summed E-state index contributed by atoms with van der Waals surface area (Å²) in [7, 11) is 0. The molecule has 0 radical (unpaired) electrons. The number of nitrogens with zero attached hydrogens (tertiary/aromatic N) is 1. The molecule has 2 fully saturated rings. The Hall–Kier alpha value is -0.460. The number of fused-ring (bicyclic) bond motifs is 1. The van der Waals surface area contributed by atoms with Crippen molar-refractivity contribution >= 4 is 0 Å². The largest absolute Gasteiger partial charge is 0.391 e. The first kappa shape index (κ1) is 12.0. The molecule has 0 aromatic heterocycles. The normalized spacial score (nSPS) is 44.3. The molecule has 4 N–H and O–H groups in total. The van der Waals surface area contributed by atoms with Crippen LogP contribution in [0, 0.1) is 0 Å². The van der Waals surface area contributed by atoms with Crippen LogP contribution in [-0.4, -0.2) is 70.2 Å². The van der Waals surface area contributed by atoms with Crippen molar-refractivity contribution in [2.24, 2.45) is 0 Å². The molecule has 0 amide bonds. The second-order valence-corrected chi connectivity index (χ2v) is 4.63. The van der Waals surface area contributed by atoms with Gasteiger partial charge in [0, 0.05) is 25.7 Å². The first-order valence-corrected chi connectivity index (χ1v) is 5.77. The Morgan fingerprint density at radius 2 is 2.06 bits per heavy atom. The molecule has 16 heavy (non-hydrogen) atoms. The van der Waals surface area contributed by atoms with Gasteiger partial charge in [-0.15, -0.1) is 6.58 Å². The SMILES string of the molecule is C=CCN[C@H]1CN2CC[C@H](O)[C@@H]2[C@@H](O)[C@@H]1O. The third-order valence-corrected chi connectivity index (χ3v) is 3.60. The highest BCUT2D eigenvalue weighted by molar-refractivity contribution is 5.03. The maximum Gasteiger partial charge on any atom is 0.0994 e. The van der Waals surface area contributed by atoms with E-state index in [-0.39, 0.29) is 12.1 Å². The molecule has 0 bridgehead atoms. The molecule has 2 saturated heterocycles. The zero-order valence-corrected chi connectivity index (χ0v) is 9.29. The van der Waals surface area contributed by atoms with Crippen LogP contribution in [0.4, 0.5) is 0 Å². The second kappa shape index (κ2) is 4.81. The van der Waals surface area contributed by atoms with Crippen molar-refractivity contribution in [1.82, 2.24) is 10.2 Å². The molecule has 5 nitrogen and oxygen atoms in total. The van der Waals surface area contributed by atoms with E-state index in [0.29, 0.717) is 19.5 Å². The highest BCUT2D eigenvalue weighted by Crippen LogP contribution is 2.28. The molecule has 5 atom stereocenters. The van der Waals surface area contributed by atoms with Crippen LogP contribution in [0.1, 0.15) is 6.42 Å². The van der Waals surface area contributed by atoms with Crippen LogP contribution < -0.4 is 5.32 Å². The average molecular weight is 228 g/mol. The van der Waals surface area contributed by atoms with Crippen molar-refractivity contribution in [2.45, 2.75) is 36.8 Å². The van der Waals surface area contributed by atoms with Gasteiger partial charge >= 0.3 is 0 Å². The number of hydrogen-bond donors (Lipinski definition) is 4. The van der Waals surface area contributed by atoms with Crippen molar-refractivity contribution in [3.63, 3.8) is 0 Å². The van der Waals surface area contributed by atoms with Gasteiger partial charge in [-0.05, 0) is 6.42 Å². The number of piperidine rings is 1. The van der Waals surface area contributed by atoms with Gasteiger partial charge in [-0.1, -0.05) is 6.08 Å². The van der Waals surface area contributed by atoms with E-state index in [9.17, 15) is 15.3 Å². The van der Waals surface area contributed by atoms with E-state index in [1.54, 1.807) is 6.08 Å². The fourth-order valence-corrected chi connectivity index (χ4v) is 2.74. The fraction of sp³-hybridized carbons (Fsp3) is 0.818. The maximum absolute atomic E-state index is 9.97. The smallest absolute Gasteiger partial charge is 0.0994 e. The number of aliphatic hydroxyl groups excluding tert-OH is 3. The van der Waals surface area contributed by atoms with E-state index in [0.717, 1.165) is 6.54 Å². The summed E-state index contributed by atoms with van der Waals surface area (Å²) in [6, 6.07) is -0.466. The lowest BCUT2D eigenvalue weighted by Gasteiger charge is -2.43. The molecule has 0 aromatic carbocycles. The molecule has 2 aliphatic heterocycles. The highest BCUT2D eigenvalue weighted by atomic mass is 16.3. The molecule has 2 aliphatic rings. The Bertz CT molecular complexity index is 262. The molecule has 0 unspecified atom stereocenters. The predicted molar refractivity (Wildman–Crippen MR) is 60.0 cm³/mol. The van der Waals surface area contributed by atoms with Gasteiger partial charge in [-0.3, -0.25) is 4.90 Å². The molecule has 92 valence electrons. The van der Waals surface area contributed by atoms with Crippen LogP contribution in [0.15, 0.2) is 12.7 Å². The van der Waals surface area contributed by atoms with E-state index in [2.05, 4.69) is 11.9 Å².